The SMILES string of the molecule is CCn1c(SCC(=O)N(Cc2ccccc2)Cc2ccccc2)nnc1-c1ccco1. The Kier molecular flexibility index (Phi) is 6.84. The van der Waals surface area contributed by atoms with Gasteiger partial charge in [0.1, 0.15) is 0 Å². The summed E-state index contributed by atoms with van der Waals surface area (Å²) in [5, 5.41) is 9.26. The van der Waals surface area contributed by atoms with E-state index < -0.39 is 0 Å². The van der Waals surface area contributed by atoms with Gasteiger partial charge in [-0.2, -0.15) is 0 Å². The predicted molar refractivity (Wildman–Crippen MR) is 121 cm³/mol. The number of nitrogens with zero attached hydrogens (tertiary/aromatic N) is 4. The summed E-state index contributed by atoms with van der Waals surface area (Å²) in [6.07, 6.45) is 1.62. The van der Waals surface area contributed by atoms with Crippen molar-refractivity contribution in [2.75, 3.05) is 5.75 Å². The maximum Gasteiger partial charge on any atom is 0.233 e. The molecule has 4 aromatic rings. The Balaban J connectivity index is 1.48. The van der Waals surface area contributed by atoms with Gasteiger partial charge in [-0.3, -0.25) is 9.36 Å². The zero-order valence-corrected chi connectivity index (χ0v) is 18.2. The third-order valence-electron chi connectivity index (χ3n) is 4.88. The van der Waals surface area contributed by atoms with Crippen molar-refractivity contribution in [1.82, 2.24) is 19.7 Å². The van der Waals surface area contributed by atoms with Gasteiger partial charge in [0, 0.05) is 19.6 Å². The van der Waals surface area contributed by atoms with Crippen LogP contribution in [0, 0.1) is 0 Å². The summed E-state index contributed by atoms with van der Waals surface area (Å²) in [6, 6.07) is 23.8. The van der Waals surface area contributed by atoms with Crippen LogP contribution in [0.3, 0.4) is 0 Å². The number of benzene rings is 2. The van der Waals surface area contributed by atoms with E-state index in [1.807, 2.05) is 89.2 Å². The summed E-state index contributed by atoms with van der Waals surface area (Å²) in [6.45, 7) is 3.84. The summed E-state index contributed by atoms with van der Waals surface area (Å²) in [4.78, 5) is 15.1. The molecule has 0 aliphatic carbocycles. The van der Waals surface area contributed by atoms with Gasteiger partial charge >= 0.3 is 0 Å². The van der Waals surface area contributed by atoms with E-state index in [4.69, 9.17) is 4.42 Å². The summed E-state index contributed by atoms with van der Waals surface area (Å²) in [7, 11) is 0. The Morgan fingerprint density at radius 2 is 1.58 bits per heavy atom. The molecule has 0 radical (unpaired) electrons. The predicted octanol–water partition coefficient (Wildman–Crippen LogP) is 4.88. The zero-order chi connectivity index (χ0) is 21.5. The quantitative estimate of drug-likeness (QED) is 0.353. The van der Waals surface area contributed by atoms with Crippen molar-refractivity contribution in [3.63, 3.8) is 0 Å². The molecule has 2 aromatic heterocycles. The first-order valence-electron chi connectivity index (χ1n) is 10.2. The molecule has 0 fully saturated rings. The molecule has 31 heavy (non-hydrogen) atoms. The van der Waals surface area contributed by atoms with E-state index in [9.17, 15) is 4.79 Å². The normalized spacial score (nSPS) is 10.9. The van der Waals surface area contributed by atoms with Gasteiger partial charge < -0.3 is 9.32 Å². The number of rotatable bonds is 9. The lowest BCUT2D eigenvalue weighted by molar-refractivity contribution is -0.129. The van der Waals surface area contributed by atoms with E-state index in [0.29, 0.717) is 36.4 Å². The first kappa shape index (κ1) is 20.9. The van der Waals surface area contributed by atoms with Gasteiger partial charge in [-0.1, -0.05) is 72.4 Å². The second-order valence-electron chi connectivity index (χ2n) is 7.04. The third kappa shape index (κ3) is 5.24. The Morgan fingerprint density at radius 1 is 0.935 bits per heavy atom. The lowest BCUT2D eigenvalue weighted by Gasteiger charge is -2.23. The maximum atomic E-state index is 13.2. The molecule has 7 heteroatoms. The lowest BCUT2D eigenvalue weighted by Crippen LogP contribution is -2.31. The second-order valence-corrected chi connectivity index (χ2v) is 7.98. The second kappa shape index (κ2) is 10.1. The first-order valence-corrected chi connectivity index (χ1v) is 11.2. The van der Waals surface area contributed by atoms with Crippen LogP contribution in [-0.2, 0) is 24.4 Å². The number of furan rings is 1. The highest BCUT2D eigenvalue weighted by molar-refractivity contribution is 7.99. The molecule has 4 rings (SSSR count). The Morgan fingerprint density at radius 3 is 2.13 bits per heavy atom. The minimum atomic E-state index is 0.0582. The van der Waals surface area contributed by atoms with Crippen LogP contribution in [0.15, 0.2) is 88.6 Å². The fraction of sp³-hybridized carbons (Fsp3) is 0.208. The molecular formula is C24H24N4O2S. The maximum absolute atomic E-state index is 13.2. The van der Waals surface area contributed by atoms with E-state index >= 15 is 0 Å². The van der Waals surface area contributed by atoms with Crippen molar-refractivity contribution in [2.45, 2.75) is 31.7 Å². The van der Waals surface area contributed by atoms with Crippen LogP contribution in [0.25, 0.3) is 11.6 Å². The number of amides is 1. The summed E-state index contributed by atoms with van der Waals surface area (Å²) >= 11 is 1.40. The minimum absolute atomic E-state index is 0.0582. The van der Waals surface area contributed by atoms with Gasteiger partial charge in [0.15, 0.2) is 16.7 Å². The highest BCUT2D eigenvalue weighted by atomic mass is 32.2. The van der Waals surface area contributed by atoms with Crippen LogP contribution < -0.4 is 0 Å². The molecule has 0 N–H and O–H groups in total. The molecule has 0 bridgehead atoms. The van der Waals surface area contributed by atoms with Crippen LogP contribution >= 0.6 is 11.8 Å². The Hall–Kier alpha value is -3.32. The summed E-state index contributed by atoms with van der Waals surface area (Å²) in [5.74, 6) is 1.69. The average molecular weight is 433 g/mol. The smallest absolute Gasteiger partial charge is 0.233 e. The van der Waals surface area contributed by atoms with E-state index in [1.54, 1.807) is 6.26 Å². The van der Waals surface area contributed by atoms with Gasteiger partial charge in [0.2, 0.25) is 5.91 Å². The van der Waals surface area contributed by atoms with Gasteiger partial charge in [-0.05, 0) is 30.2 Å². The van der Waals surface area contributed by atoms with E-state index in [0.717, 1.165) is 11.1 Å². The molecular weight excluding hydrogens is 408 g/mol. The molecule has 0 saturated heterocycles. The van der Waals surface area contributed by atoms with Crippen molar-refractivity contribution in [2.24, 2.45) is 0 Å². The molecule has 0 aliphatic rings. The summed E-state index contributed by atoms with van der Waals surface area (Å²) in [5.41, 5.74) is 2.21. The molecule has 0 unspecified atom stereocenters. The molecule has 6 nitrogen and oxygen atoms in total. The molecule has 2 aromatic carbocycles. The number of aromatic nitrogens is 3. The van der Waals surface area contributed by atoms with Crippen LogP contribution in [0.4, 0.5) is 0 Å². The largest absolute Gasteiger partial charge is 0.461 e. The molecule has 0 saturated carbocycles. The van der Waals surface area contributed by atoms with Crippen molar-refractivity contribution in [3.8, 4) is 11.6 Å². The van der Waals surface area contributed by atoms with Crippen LogP contribution in [0.1, 0.15) is 18.1 Å². The van der Waals surface area contributed by atoms with E-state index in [2.05, 4.69) is 10.2 Å². The van der Waals surface area contributed by atoms with Crippen molar-refractivity contribution in [3.05, 3.63) is 90.2 Å². The highest BCUT2D eigenvalue weighted by Gasteiger charge is 2.19. The Labute approximate surface area is 185 Å². The number of carbonyl (C=O) groups is 1. The topological polar surface area (TPSA) is 64.2 Å². The molecule has 158 valence electrons. The molecule has 0 atom stereocenters. The van der Waals surface area contributed by atoms with Crippen LogP contribution in [-0.4, -0.2) is 31.3 Å². The van der Waals surface area contributed by atoms with Gasteiger partial charge in [-0.15, -0.1) is 10.2 Å². The van der Waals surface area contributed by atoms with Crippen LogP contribution in [0.2, 0.25) is 0 Å². The number of hydrogen-bond acceptors (Lipinski definition) is 5. The fourth-order valence-electron chi connectivity index (χ4n) is 3.33. The van der Waals surface area contributed by atoms with Gasteiger partial charge in [0.05, 0.1) is 12.0 Å². The van der Waals surface area contributed by atoms with Gasteiger partial charge in [-0.25, -0.2) is 0 Å². The molecule has 0 spiro atoms. The molecule has 1 amide bonds. The molecule has 0 aliphatic heterocycles. The van der Waals surface area contributed by atoms with Crippen molar-refractivity contribution >= 4 is 17.7 Å². The lowest BCUT2D eigenvalue weighted by atomic mass is 10.1. The van der Waals surface area contributed by atoms with E-state index in [-0.39, 0.29) is 11.7 Å². The average Bonchev–Trinajstić information content (AvgIpc) is 3.48. The first-order chi connectivity index (χ1) is 15.2. The summed E-state index contributed by atoms with van der Waals surface area (Å²) < 4.78 is 7.43. The van der Waals surface area contributed by atoms with Crippen molar-refractivity contribution in [1.29, 1.82) is 0 Å². The minimum Gasteiger partial charge on any atom is -0.461 e. The Bertz CT molecular complexity index is 1050. The standard InChI is InChI=1S/C24H24N4O2S/c1-2-28-23(21-14-9-15-30-21)25-26-24(28)31-18-22(29)27(16-19-10-5-3-6-11-19)17-20-12-7-4-8-13-20/h3-15H,2,16-18H2,1H3. The monoisotopic (exact) mass is 432 g/mol. The van der Waals surface area contributed by atoms with Crippen molar-refractivity contribution < 1.29 is 9.21 Å². The number of thioether (sulfide) groups is 1. The van der Waals surface area contributed by atoms with Gasteiger partial charge in [0.25, 0.3) is 0 Å². The number of carbonyl (C=O) groups excluding carboxylic acids is 1. The third-order valence-corrected chi connectivity index (χ3v) is 5.84. The molecule has 2 heterocycles. The highest BCUT2D eigenvalue weighted by Crippen LogP contribution is 2.25. The number of hydrogen-bond donors (Lipinski definition) is 0. The fourth-order valence-corrected chi connectivity index (χ4v) is 4.23. The van der Waals surface area contributed by atoms with E-state index in [1.165, 1.54) is 11.8 Å². The van der Waals surface area contributed by atoms with Crippen LogP contribution in [0.5, 0.6) is 0 Å². The zero-order valence-electron chi connectivity index (χ0n) is 17.3.